The van der Waals surface area contributed by atoms with Gasteiger partial charge >= 0.3 is 6.01 Å². The van der Waals surface area contributed by atoms with E-state index in [2.05, 4.69) is 15.4 Å². The van der Waals surface area contributed by atoms with Gasteiger partial charge in [0, 0.05) is 17.9 Å². The molecule has 32 heavy (non-hydrogen) atoms. The van der Waals surface area contributed by atoms with E-state index in [4.69, 9.17) is 13.9 Å². The molecule has 0 radical (unpaired) electrons. The van der Waals surface area contributed by atoms with E-state index in [1.807, 2.05) is 6.92 Å². The summed E-state index contributed by atoms with van der Waals surface area (Å²) in [7, 11) is 0. The number of nitrogens with one attached hydrogen (secondary N) is 1. The molecule has 4 aromatic rings. The molecule has 0 aliphatic carbocycles. The Morgan fingerprint density at radius 1 is 1.12 bits per heavy atom. The standard InChI is InChI=1S/C23H21FN4O4/c1-2-30-13-14-32-23-26-21(16-5-3-6-17(24)15-16)28(27-23)19-10-8-18(9-11-19)25-22(29)20-7-4-12-31-20/h3-12,15H,2,13-14H2,1H3,(H,25,29). The molecule has 164 valence electrons. The number of anilines is 1. The first kappa shape index (κ1) is 21.3. The van der Waals surface area contributed by atoms with Gasteiger partial charge in [0.1, 0.15) is 12.4 Å². The first-order chi connectivity index (χ1) is 15.6. The predicted molar refractivity (Wildman–Crippen MR) is 115 cm³/mol. The molecule has 4 rings (SSSR count). The maximum atomic E-state index is 13.8. The number of hydrogen-bond acceptors (Lipinski definition) is 6. The van der Waals surface area contributed by atoms with Crippen molar-refractivity contribution in [2.75, 3.05) is 25.1 Å². The fourth-order valence-electron chi connectivity index (χ4n) is 2.97. The van der Waals surface area contributed by atoms with Crippen molar-refractivity contribution < 1.29 is 23.1 Å². The summed E-state index contributed by atoms with van der Waals surface area (Å²) in [6.45, 7) is 3.18. The third-order valence-corrected chi connectivity index (χ3v) is 4.45. The molecule has 0 bridgehead atoms. The molecule has 1 N–H and O–H groups in total. The summed E-state index contributed by atoms with van der Waals surface area (Å²) in [5.41, 5.74) is 1.79. The number of ether oxygens (including phenoxy) is 2. The van der Waals surface area contributed by atoms with Crippen LogP contribution in [0.15, 0.2) is 71.3 Å². The highest BCUT2D eigenvalue weighted by molar-refractivity contribution is 6.02. The van der Waals surface area contributed by atoms with E-state index in [9.17, 15) is 9.18 Å². The lowest BCUT2D eigenvalue weighted by molar-refractivity contribution is 0.0996. The number of nitrogens with zero attached hydrogens (tertiary/aromatic N) is 3. The molecule has 0 saturated carbocycles. The minimum Gasteiger partial charge on any atom is -0.460 e. The first-order valence-corrected chi connectivity index (χ1v) is 10.0. The van der Waals surface area contributed by atoms with Crippen LogP contribution >= 0.6 is 0 Å². The van der Waals surface area contributed by atoms with E-state index in [1.165, 1.54) is 18.4 Å². The number of aromatic nitrogens is 3. The Morgan fingerprint density at radius 3 is 2.69 bits per heavy atom. The van der Waals surface area contributed by atoms with Crippen LogP contribution in [0.3, 0.4) is 0 Å². The monoisotopic (exact) mass is 436 g/mol. The van der Waals surface area contributed by atoms with Crippen LogP contribution in [0.5, 0.6) is 6.01 Å². The van der Waals surface area contributed by atoms with Gasteiger partial charge in [0.15, 0.2) is 11.6 Å². The molecular formula is C23H21FN4O4. The van der Waals surface area contributed by atoms with Gasteiger partial charge < -0.3 is 19.2 Å². The average molecular weight is 436 g/mol. The van der Waals surface area contributed by atoms with Gasteiger partial charge in [0.25, 0.3) is 5.91 Å². The van der Waals surface area contributed by atoms with Gasteiger partial charge in [0.05, 0.1) is 18.6 Å². The summed E-state index contributed by atoms with van der Waals surface area (Å²) in [6, 6.07) is 16.4. The van der Waals surface area contributed by atoms with Gasteiger partial charge in [-0.2, -0.15) is 4.98 Å². The summed E-state index contributed by atoms with van der Waals surface area (Å²) in [4.78, 5) is 16.6. The molecule has 0 atom stereocenters. The zero-order valence-electron chi connectivity index (χ0n) is 17.3. The van der Waals surface area contributed by atoms with E-state index >= 15 is 0 Å². The van der Waals surface area contributed by atoms with Gasteiger partial charge in [-0.15, -0.1) is 5.10 Å². The van der Waals surface area contributed by atoms with Crippen LogP contribution in [0, 0.1) is 5.82 Å². The van der Waals surface area contributed by atoms with Crippen LogP contribution in [-0.2, 0) is 4.74 Å². The minimum absolute atomic E-state index is 0.152. The van der Waals surface area contributed by atoms with Gasteiger partial charge in [-0.3, -0.25) is 4.79 Å². The van der Waals surface area contributed by atoms with Crippen molar-refractivity contribution in [3.05, 3.63) is 78.5 Å². The second-order valence-electron chi connectivity index (χ2n) is 6.66. The number of benzene rings is 2. The van der Waals surface area contributed by atoms with E-state index in [0.29, 0.717) is 36.0 Å². The Hall–Kier alpha value is -3.98. The number of furan rings is 1. The van der Waals surface area contributed by atoms with Crippen molar-refractivity contribution in [2.45, 2.75) is 6.92 Å². The van der Waals surface area contributed by atoms with Crippen molar-refractivity contribution in [2.24, 2.45) is 0 Å². The fourth-order valence-corrected chi connectivity index (χ4v) is 2.97. The van der Waals surface area contributed by atoms with Gasteiger partial charge in [0.2, 0.25) is 0 Å². The van der Waals surface area contributed by atoms with E-state index in [-0.39, 0.29) is 30.1 Å². The Balaban J connectivity index is 1.59. The number of carbonyl (C=O) groups excluding carboxylic acids is 1. The Labute approximate surface area is 183 Å². The lowest BCUT2D eigenvalue weighted by Gasteiger charge is -2.08. The van der Waals surface area contributed by atoms with Crippen LogP contribution in [0.2, 0.25) is 0 Å². The lowest BCUT2D eigenvalue weighted by atomic mass is 10.2. The third-order valence-electron chi connectivity index (χ3n) is 4.45. The Bertz CT molecular complexity index is 1170. The van der Waals surface area contributed by atoms with Crippen molar-refractivity contribution in [1.29, 1.82) is 0 Å². The van der Waals surface area contributed by atoms with Gasteiger partial charge in [-0.1, -0.05) is 12.1 Å². The van der Waals surface area contributed by atoms with Gasteiger partial charge in [-0.05, 0) is 55.5 Å². The Morgan fingerprint density at radius 2 is 1.97 bits per heavy atom. The smallest absolute Gasteiger partial charge is 0.336 e. The van der Waals surface area contributed by atoms with E-state index in [1.54, 1.807) is 53.2 Å². The topological polar surface area (TPSA) is 91.4 Å². The maximum Gasteiger partial charge on any atom is 0.336 e. The normalized spacial score (nSPS) is 10.8. The third kappa shape index (κ3) is 5.01. The van der Waals surface area contributed by atoms with Crippen LogP contribution in [0.25, 0.3) is 17.1 Å². The van der Waals surface area contributed by atoms with Crippen LogP contribution in [-0.4, -0.2) is 40.5 Å². The zero-order chi connectivity index (χ0) is 22.3. The predicted octanol–water partition coefficient (Wildman–Crippen LogP) is 4.33. The molecule has 9 heteroatoms. The molecule has 0 unspecified atom stereocenters. The summed E-state index contributed by atoms with van der Waals surface area (Å²) in [5.74, 6) is -0.100. The van der Waals surface area contributed by atoms with Crippen molar-refractivity contribution in [3.63, 3.8) is 0 Å². The second-order valence-corrected chi connectivity index (χ2v) is 6.66. The largest absolute Gasteiger partial charge is 0.460 e. The molecule has 8 nitrogen and oxygen atoms in total. The van der Waals surface area contributed by atoms with Crippen LogP contribution in [0.4, 0.5) is 10.1 Å². The Kier molecular flexibility index (Phi) is 6.57. The van der Waals surface area contributed by atoms with E-state index < -0.39 is 0 Å². The SMILES string of the molecule is CCOCCOc1nc(-c2cccc(F)c2)n(-c2ccc(NC(=O)c3ccco3)cc2)n1. The van der Waals surface area contributed by atoms with E-state index in [0.717, 1.165) is 0 Å². The van der Waals surface area contributed by atoms with Crippen molar-refractivity contribution in [1.82, 2.24) is 14.8 Å². The highest BCUT2D eigenvalue weighted by Gasteiger charge is 2.16. The molecule has 0 saturated heterocycles. The lowest BCUT2D eigenvalue weighted by Crippen LogP contribution is -2.11. The first-order valence-electron chi connectivity index (χ1n) is 10.0. The summed E-state index contributed by atoms with van der Waals surface area (Å²) in [5, 5.41) is 7.17. The number of carbonyl (C=O) groups is 1. The molecule has 0 fully saturated rings. The molecule has 2 heterocycles. The quantitative estimate of drug-likeness (QED) is 0.393. The number of amides is 1. The number of hydrogen-bond donors (Lipinski definition) is 1. The fraction of sp³-hybridized carbons (Fsp3) is 0.174. The van der Waals surface area contributed by atoms with Gasteiger partial charge in [-0.25, -0.2) is 9.07 Å². The van der Waals surface area contributed by atoms with Crippen molar-refractivity contribution >= 4 is 11.6 Å². The summed E-state index contributed by atoms with van der Waals surface area (Å²) < 4.78 is 31.3. The zero-order valence-corrected chi connectivity index (χ0v) is 17.3. The molecule has 2 aromatic carbocycles. The second kappa shape index (κ2) is 9.88. The highest BCUT2D eigenvalue weighted by Crippen LogP contribution is 2.25. The van der Waals surface area contributed by atoms with Crippen LogP contribution < -0.4 is 10.1 Å². The number of halogens is 1. The summed E-state index contributed by atoms with van der Waals surface area (Å²) in [6.07, 6.45) is 1.44. The molecule has 0 spiro atoms. The molecule has 0 aliphatic heterocycles. The molecular weight excluding hydrogens is 415 g/mol. The average Bonchev–Trinajstić information content (AvgIpc) is 3.48. The number of rotatable bonds is 9. The highest BCUT2D eigenvalue weighted by atomic mass is 19.1. The minimum atomic E-state index is -0.383. The molecule has 0 aliphatic rings. The summed E-state index contributed by atoms with van der Waals surface area (Å²) >= 11 is 0. The maximum absolute atomic E-state index is 13.8. The molecule has 2 aromatic heterocycles. The molecule has 1 amide bonds. The van der Waals surface area contributed by atoms with Crippen LogP contribution in [0.1, 0.15) is 17.5 Å². The van der Waals surface area contributed by atoms with Crippen molar-refractivity contribution in [3.8, 4) is 23.1 Å².